The SMILES string of the molecule is C=CC1=C(/C=C\C)C(=C2CCN(C(=O)CNC(=O)OC(C)(C)C)CC2)c2ccccc2C=C1. The summed E-state index contributed by atoms with van der Waals surface area (Å²) in [4.78, 5) is 26.4. The second-order valence-corrected chi connectivity index (χ2v) is 9.21. The molecule has 1 aromatic carbocycles. The summed E-state index contributed by atoms with van der Waals surface area (Å²) in [6, 6.07) is 8.42. The number of carbonyl (C=O) groups excluding carboxylic acids is 2. The number of hydrogen-bond acceptors (Lipinski definition) is 3. The first-order chi connectivity index (χ1) is 15.7. The molecule has 1 saturated heterocycles. The zero-order valence-electron chi connectivity index (χ0n) is 20.1. The van der Waals surface area contributed by atoms with E-state index < -0.39 is 11.7 Å². The van der Waals surface area contributed by atoms with E-state index in [9.17, 15) is 9.59 Å². The summed E-state index contributed by atoms with van der Waals surface area (Å²) in [5, 5.41) is 2.57. The third-order valence-electron chi connectivity index (χ3n) is 5.66. The summed E-state index contributed by atoms with van der Waals surface area (Å²) in [6.07, 6.45) is 11.4. The van der Waals surface area contributed by atoms with E-state index in [1.54, 1.807) is 20.8 Å². The molecule has 0 aromatic heterocycles. The van der Waals surface area contributed by atoms with Crippen molar-refractivity contribution in [1.29, 1.82) is 0 Å². The predicted octanol–water partition coefficient (Wildman–Crippen LogP) is 5.67. The molecule has 5 nitrogen and oxygen atoms in total. The fourth-order valence-electron chi connectivity index (χ4n) is 4.18. The molecule has 1 aliphatic carbocycles. The molecule has 0 bridgehead atoms. The standard InChI is InChI=1S/C28H34N2O3/c1-6-10-23-20(7-2)13-14-21-11-8-9-12-24(21)26(23)22-15-17-30(18-16-22)25(31)19-29-27(32)33-28(3,4)5/h6-14H,2,15-19H2,1,3-5H3,(H,29,32)/b10-6-. The molecule has 2 aliphatic rings. The summed E-state index contributed by atoms with van der Waals surface area (Å²) in [7, 11) is 0. The number of benzene rings is 1. The maximum atomic E-state index is 12.7. The largest absolute Gasteiger partial charge is 0.444 e. The maximum absolute atomic E-state index is 12.7. The third kappa shape index (κ3) is 6.13. The number of fused-ring (bicyclic) bond motifs is 1. The summed E-state index contributed by atoms with van der Waals surface area (Å²) in [5.74, 6) is -0.0937. The van der Waals surface area contributed by atoms with Gasteiger partial charge in [-0.1, -0.05) is 66.8 Å². The zero-order valence-corrected chi connectivity index (χ0v) is 20.1. The van der Waals surface area contributed by atoms with Gasteiger partial charge >= 0.3 is 6.09 Å². The van der Waals surface area contributed by atoms with E-state index in [1.165, 1.54) is 22.3 Å². The molecule has 33 heavy (non-hydrogen) atoms. The lowest BCUT2D eigenvalue weighted by Gasteiger charge is -2.31. The number of amides is 2. The Hall–Kier alpha value is -3.34. The summed E-state index contributed by atoms with van der Waals surface area (Å²) < 4.78 is 5.22. The summed E-state index contributed by atoms with van der Waals surface area (Å²) >= 11 is 0. The van der Waals surface area contributed by atoms with Gasteiger partial charge in [-0.15, -0.1) is 0 Å². The Balaban J connectivity index is 1.80. The van der Waals surface area contributed by atoms with Gasteiger partial charge in [0.25, 0.3) is 0 Å². The molecule has 0 saturated carbocycles. The maximum Gasteiger partial charge on any atom is 0.408 e. The van der Waals surface area contributed by atoms with Crippen LogP contribution >= 0.6 is 0 Å². The van der Waals surface area contributed by atoms with Gasteiger partial charge in [-0.2, -0.15) is 0 Å². The van der Waals surface area contributed by atoms with E-state index in [0.29, 0.717) is 13.1 Å². The van der Waals surface area contributed by atoms with E-state index in [1.807, 2.05) is 17.9 Å². The van der Waals surface area contributed by atoms with Crippen LogP contribution in [0.1, 0.15) is 51.7 Å². The Morgan fingerprint density at radius 3 is 2.48 bits per heavy atom. The summed E-state index contributed by atoms with van der Waals surface area (Å²) in [6.45, 7) is 12.6. The number of likely N-dealkylation sites (tertiary alicyclic amines) is 1. The molecule has 174 valence electrons. The number of allylic oxidation sites excluding steroid dienone is 7. The van der Waals surface area contributed by atoms with Crippen molar-refractivity contribution >= 4 is 23.6 Å². The van der Waals surface area contributed by atoms with Crippen LogP contribution in [0.25, 0.3) is 11.6 Å². The number of piperidine rings is 1. The van der Waals surface area contributed by atoms with E-state index in [0.717, 1.165) is 24.0 Å². The third-order valence-corrected chi connectivity index (χ3v) is 5.66. The number of hydrogen-bond donors (Lipinski definition) is 1. The molecule has 0 radical (unpaired) electrons. The highest BCUT2D eigenvalue weighted by atomic mass is 16.6. The molecule has 1 heterocycles. The topological polar surface area (TPSA) is 58.6 Å². The van der Waals surface area contributed by atoms with Crippen LogP contribution in [0.15, 0.2) is 71.9 Å². The van der Waals surface area contributed by atoms with Gasteiger partial charge in [0.1, 0.15) is 12.1 Å². The molecular weight excluding hydrogens is 412 g/mol. The second kappa shape index (κ2) is 10.5. The molecule has 1 fully saturated rings. The fourth-order valence-corrected chi connectivity index (χ4v) is 4.18. The van der Waals surface area contributed by atoms with Crippen molar-refractivity contribution in [3.63, 3.8) is 0 Å². The van der Waals surface area contributed by atoms with Gasteiger partial charge in [0.2, 0.25) is 5.91 Å². The van der Waals surface area contributed by atoms with Crippen molar-refractivity contribution < 1.29 is 14.3 Å². The van der Waals surface area contributed by atoms with Crippen molar-refractivity contribution in [3.8, 4) is 0 Å². The highest BCUT2D eigenvalue weighted by molar-refractivity contribution is 5.92. The highest BCUT2D eigenvalue weighted by Gasteiger charge is 2.25. The lowest BCUT2D eigenvalue weighted by Crippen LogP contribution is -2.44. The van der Waals surface area contributed by atoms with Crippen molar-refractivity contribution in [2.75, 3.05) is 19.6 Å². The first-order valence-corrected chi connectivity index (χ1v) is 11.5. The first-order valence-electron chi connectivity index (χ1n) is 11.5. The monoisotopic (exact) mass is 446 g/mol. The number of carbonyl (C=O) groups is 2. The first kappa shape index (κ1) is 24.3. The fraction of sp³-hybridized carbons (Fsp3) is 0.357. The van der Waals surface area contributed by atoms with Gasteiger partial charge in [-0.3, -0.25) is 4.79 Å². The van der Waals surface area contributed by atoms with Gasteiger partial charge in [-0.05, 0) is 68.4 Å². The minimum atomic E-state index is -0.592. The Kier molecular flexibility index (Phi) is 7.75. The molecule has 1 aliphatic heterocycles. The highest BCUT2D eigenvalue weighted by Crippen LogP contribution is 2.39. The molecule has 1 aromatic rings. The van der Waals surface area contributed by atoms with E-state index >= 15 is 0 Å². The summed E-state index contributed by atoms with van der Waals surface area (Å²) in [5.41, 5.74) is 6.62. The molecule has 0 spiro atoms. The predicted molar refractivity (Wildman–Crippen MR) is 134 cm³/mol. The number of nitrogens with zero attached hydrogens (tertiary/aromatic N) is 1. The average molecular weight is 447 g/mol. The van der Waals surface area contributed by atoms with Gasteiger partial charge in [0.05, 0.1) is 0 Å². The van der Waals surface area contributed by atoms with Crippen LogP contribution in [0.5, 0.6) is 0 Å². The number of nitrogens with one attached hydrogen (secondary N) is 1. The smallest absolute Gasteiger partial charge is 0.408 e. The van der Waals surface area contributed by atoms with E-state index in [2.05, 4.69) is 60.5 Å². The van der Waals surface area contributed by atoms with Crippen molar-refractivity contribution in [1.82, 2.24) is 10.2 Å². The minimum absolute atomic E-state index is 0.0576. The van der Waals surface area contributed by atoms with Crippen LogP contribution in [0, 0.1) is 0 Å². The van der Waals surface area contributed by atoms with Crippen LogP contribution in [0.3, 0.4) is 0 Å². The van der Waals surface area contributed by atoms with Gasteiger partial charge in [-0.25, -0.2) is 4.79 Å². The van der Waals surface area contributed by atoms with Crippen molar-refractivity contribution in [2.24, 2.45) is 0 Å². The van der Waals surface area contributed by atoms with Crippen molar-refractivity contribution in [2.45, 2.75) is 46.1 Å². The normalized spacial score (nSPS) is 16.5. The number of alkyl carbamates (subject to hydrolysis) is 1. The number of ether oxygens (including phenoxy) is 1. The van der Waals surface area contributed by atoms with E-state index in [-0.39, 0.29) is 12.5 Å². The average Bonchev–Trinajstić information content (AvgIpc) is 2.93. The minimum Gasteiger partial charge on any atom is -0.444 e. The molecular formula is C28H34N2O3. The number of rotatable bonds is 4. The molecule has 1 N–H and O–H groups in total. The van der Waals surface area contributed by atoms with Crippen LogP contribution in [0.4, 0.5) is 4.79 Å². The van der Waals surface area contributed by atoms with Crippen LogP contribution in [-0.2, 0) is 9.53 Å². The van der Waals surface area contributed by atoms with E-state index in [4.69, 9.17) is 4.74 Å². The zero-order chi connectivity index (χ0) is 24.0. The Bertz CT molecular complexity index is 1040. The Morgan fingerprint density at radius 1 is 1.15 bits per heavy atom. The van der Waals surface area contributed by atoms with Crippen molar-refractivity contribution in [3.05, 3.63) is 83.0 Å². The molecule has 3 rings (SSSR count). The van der Waals surface area contributed by atoms with Crippen LogP contribution in [0.2, 0.25) is 0 Å². The molecule has 2 amide bonds. The quantitative estimate of drug-likeness (QED) is 0.648. The molecule has 0 atom stereocenters. The van der Waals surface area contributed by atoms with Crippen LogP contribution in [-0.4, -0.2) is 42.1 Å². The lowest BCUT2D eigenvalue weighted by atomic mass is 9.85. The second-order valence-electron chi connectivity index (χ2n) is 9.21. The van der Waals surface area contributed by atoms with Crippen LogP contribution < -0.4 is 5.32 Å². The molecule has 0 unspecified atom stereocenters. The molecule has 5 heteroatoms. The van der Waals surface area contributed by atoms with Gasteiger partial charge in [0, 0.05) is 13.1 Å². The lowest BCUT2D eigenvalue weighted by molar-refractivity contribution is -0.130. The van der Waals surface area contributed by atoms with Gasteiger partial charge in [0.15, 0.2) is 0 Å². The Labute approximate surface area is 197 Å². The van der Waals surface area contributed by atoms with Gasteiger partial charge < -0.3 is 15.0 Å². The Morgan fingerprint density at radius 2 is 1.85 bits per heavy atom.